The number of nitrogens with two attached hydrogens (primary N) is 1. The molecule has 2 N–H and O–H groups in total. The van der Waals surface area contributed by atoms with Crippen molar-refractivity contribution in [1.29, 1.82) is 0 Å². The predicted molar refractivity (Wildman–Crippen MR) is 68.0 cm³/mol. The molecule has 0 saturated carbocycles. The molecular formula is C12H18FNO3S. The summed E-state index contributed by atoms with van der Waals surface area (Å²) in [6.07, 6.45) is 1.34. The largest absolute Gasteiger partial charge is 0.493 e. The first kappa shape index (κ1) is 14.9. The lowest BCUT2D eigenvalue weighted by Gasteiger charge is -2.20. The number of methoxy groups -OCH3 is 1. The van der Waals surface area contributed by atoms with Crippen molar-refractivity contribution in [3.05, 3.63) is 23.5 Å². The summed E-state index contributed by atoms with van der Waals surface area (Å²) in [6.45, 7) is 3.60. The molecule has 0 bridgehead atoms. The van der Waals surface area contributed by atoms with Gasteiger partial charge in [0.05, 0.1) is 7.11 Å². The molecule has 0 spiro atoms. The highest BCUT2D eigenvalue weighted by molar-refractivity contribution is 7.90. The highest BCUT2D eigenvalue weighted by atomic mass is 32.2. The summed E-state index contributed by atoms with van der Waals surface area (Å²) in [5.41, 5.74) is 5.88. The Labute approximate surface area is 107 Å². The molecule has 1 rings (SSSR count). The van der Waals surface area contributed by atoms with E-state index in [1.54, 1.807) is 13.8 Å². The Morgan fingerprint density at radius 2 is 1.94 bits per heavy atom. The number of rotatable bonds is 4. The summed E-state index contributed by atoms with van der Waals surface area (Å²) in [7, 11) is -2.31. The van der Waals surface area contributed by atoms with E-state index in [1.807, 2.05) is 0 Å². The van der Waals surface area contributed by atoms with Crippen molar-refractivity contribution in [3.8, 4) is 5.75 Å². The first-order valence-corrected chi connectivity index (χ1v) is 7.29. The van der Waals surface area contributed by atoms with Gasteiger partial charge in [-0.3, -0.25) is 0 Å². The van der Waals surface area contributed by atoms with Gasteiger partial charge < -0.3 is 10.5 Å². The molecule has 0 radical (unpaired) electrons. The van der Waals surface area contributed by atoms with Gasteiger partial charge in [0, 0.05) is 11.8 Å². The fourth-order valence-electron chi connectivity index (χ4n) is 1.72. The summed E-state index contributed by atoms with van der Waals surface area (Å²) >= 11 is 0. The highest BCUT2D eigenvalue weighted by Gasteiger charge is 2.23. The molecule has 0 aliphatic rings. The zero-order chi connectivity index (χ0) is 14.1. The van der Waals surface area contributed by atoms with Crippen molar-refractivity contribution < 1.29 is 17.5 Å². The summed E-state index contributed by atoms with van der Waals surface area (Å²) in [5, 5.41) is 0. The lowest BCUT2D eigenvalue weighted by molar-refractivity contribution is 0.370. The van der Waals surface area contributed by atoms with E-state index in [4.69, 9.17) is 10.5 Å². The number of benzene rings is 1. The summed E-state index contributed by atoms with van der Waals surface area (Å²) < 4.78 is 41.8. The fourth-order valence-corrected chi connectivity index (χ4v) is 2.45. The Morgan fingerprint density at radius 1 is 1.39 bits per heavy atom. The van der Waals surface area contributed by atoms with Gasteiger partial charge in [-0.1, -0.05) is 6.07 Å². The average molecular weight is 275 g/mol. The number of halogens is 1. The number of hydrogen-bond acceptors (Lipinski definition) is 4. The molecule has 0 aliphatic carbocycles. The normalized spacial score (nSPS) is 12.6. The van der Waals surface area contributed by atoms with Gasteiger partial charge in [-0.15, -0.1) is 0 Å². The van der Waals surface area contributed by atoms with Gasteiger partial charge in [-0.25, -0.2) is 12.8 Å². The number of hydrogen-bond donors (Lipinski definition) is 1. The highest BCUT2D eigenvalue weighted by Crippen LogP contribution is 2.30. The van der Waals surface area contributed by atoms with E-state index >= 15 is 0 Å². The monoisotopic (exact) mass is 275 g/mol. The molecule has 0 aromatic heterocycles. The molecule has 4 nitrogen and oxygen atoms in total. The lowest BCUT2D eigenvalue weighted by Crippen LogP contribution is -2.34. The Hall–Kier alpha value is -1.14. The molecule has 1 aromatic carbocycles. The van der Waals surface area contributed by atoms with Crippen LogP contribution in [0.4, 0.5) is 4.39 Å². The van der Waals surface area contributed by atoms with Gasteiger partial charge in [0.25, 0.3) is 0 Å². The van der Waals surface area contributed by atoms with E-state index < -0.39 is 21.2 Å². The summed E-state index contributed by atoms with van der Waals surface area (Å²) in [4.78, 5) is -0.363. The zero-order valence-electron chi connectivity index (χ0n) is 11.0. The van der Waals surface area contributed by atoms with Gasteiger partial charge in [0.1, 0.15) is 4.90 Å². The van der Waals surface area contributed by atoms with Crippen molar-refractivity contribution in [2.75, 3.05) is 13.4 Å². The lowest BCUT2D eigenvalue weighted by atomic mass is 9.95. The number of sulfone groups is 1. The van der Waals surface area contributed by atoms with Crippen LogP contribution in [0.1, 0.15) is 19.4 Å². The maximum Gasteiger partial charge on any atom is 0.183 e. The molecule has 0 amide bonds. The minimum Gasteiger partial charge on any atom is -0.493 e. The first-order chi connectivity index (χ1) is 8.06. The van der Waals surface area contributed by atoms with E-state index in [2.05, 4.69) is 0 Å². The van der Waals surface area contributed by atoms with Crippen molar-refractivity contribution in [2.45, 2.75) is 30.7 Å². The first-order valence-electron chi connectivity index (χ1n) is 5.40. The smallest absolute Gasteiger partial charge is 0.183 e. The second-order valence-corrected chi connectivity index (χ2v) is 6.99. The van der Waals surface area contributed by atoms with Crippen LogP contribution in [0.3, 0.4) is 0 Å². The molecule has 6 heteroatoms. The van der Waals surface area contributed by atoms with Crippen LogP contribution in [0.15, 0.2) is 17.0 Å². The van der Waals surface area contributed by atoms with Gasteiger partial charge >= 0.3 is 0 Å². The maximum absolute atomic E-state index is 14.1. The topological polar surface area (TPSA) is 69.4 Å². The van der Waals surface area contributed by atoms with Crippen molar-refractivity contribution in [1.82, 2.24) is 0 Å². The van der Waals surface area contributed by atoms with E-state index in [-0.39, 0.29) is 10.6 Å². The summed E-state index contributed by atoms with van der Waals surface area (Å²) in [6, 6.07) is 2.78. The predicted octanol–water partition coefficient (Wildman–Crippen LogP) is 1.52. The fraction of sp³-hybridized carbons (Fsp3) is 0.500. The molecule has 0 unspecified atom stereocenters. The Kier molecular flexibility index (Phi) is 4.02. The Morgan fingerprint density at radius 3 is 2.33 bits per heavy atom. The van der Waals surface area contributed by atoms with E-state index in [0.29, 0.717) is 12.0 Å². The molecular weight excluding hydrogens is 257 g/mol. The quantitative estimate of drug-likeness (QED) is 0.904. The minimum atomic E-state index is -3.61. The number of ether oxygens (including phenoxy) is 1. The van der Waals surface area contributed by atoms with Crippen LogP contribution in [0, 0.1) is 5.82 Å². The second kappa shape index (κ2) is 4.85. The molecule has 102 valence electrons. The standard InChI is InChI=1S/C12H18FNO3S/c1-12(2,14)7-8-5-6-9(18(4,15)16)10(13)11(8)17-3/h5-6H,7,14H2,1-4H3. The maximum atomic E-state index is 14.1. The summed E-state index contributed by atoms with van der Waals surface area (Å²) in [5.74, 6) is -0.918. The van der Waals surface area contributed by atoms with E-state index in [9.17, 15) is 12.8 Å². The Bertz CT molecular complexity index is 547. The average Bonchev–Trinajstić information content (AvgIpc) is 2.13. The van der Waals surface area contributed by atoms with Crippen LogP contribution in [0.25, 0.3) is 0 Å². The van der Waals surface area contributed by atoms with Gasteiger partial charge in [-0.2, -0.15) is 0 Å². The van der Waals surface area contributed by atoms with E-state index in [1.165, 1.54) is 19.2 Å². The zero-order valence-corrected chi connectivity index (χ0v) is 11.8. The molecule has 0 fully saturated rings. The molecule has 1 aromatic rings. The van der Waals surface area contributed by atoms with Crippen molar-refractivity contribution in [2.24, 2.45) is 5.73 Å². The third-order valence-corrected chi connectivity index (χ3v) is 3.51. The minimum absolute atomic E-state index is 0.0588. The third-order valence-electron chi connectivity index (χ3n) is 2.39. The van der Waals surface area contributed by atoms with Crippen LogP contribution >= 0.6 is 0 Å². The molecule has 18 heavy (non-hydrogen) atoms. The van der Waals surface area contributed by atoms with Crippen LogP contribution in [-0.2, 0) is 16.3 Å². The van der Waals surface area contributed by atoms with Crippen molar-refractivity contribution >= 4 is 9.84 Å². The van der Waals surface area contributed by atoms with Gasteiger partial charge in [0.15, 0.2) is 21.4 Å². The molecule has 0 saturated heterocycles. The van der Waals surface area contributed by atoms with Gasteiger partial charge in [0.2, 0.25) is 0 Å². The van der Waals surface area contributed by atoms with Crippen LogP contribution in [0.5, 0.6) is 5.75 Å². The second-order valence-electron chi connectivity index (χ2n) is 5.01. The SMILES string of the molecule is COc1c(CC(C)(C)N)ccc(S(C)(=O)=O)c1F. The van der Waals surface area contributed by atoms with E-state index in [0.717, 1.165) is 6.26 Å². The third kappa shape index (κ3) is 3.43. The van der Waals surface area contributed by atoms with Crippen LogP contribution in [0.2, 0.25) is 0 Å². The molecule has 0 aliphatic heterocycles. The Balaban J connectivity index is 3.39. The molecule has 0 heterocycles. The van der Waals surface area contributed by atoms with Gasteiger partial charge in [-0.05, 0) is 31.9 Å². The van der Waals surface area contributed by atoms with Crippen molar-refractivity contribution in [3.63, 3.8) is 0 Å². The van der Waals surface area contributed by atoms with Crippen LogP contribution in [-0.4, -0.2) is 27.3 Å². The van der Waals surface area contributed by atoms with Crippen LogP contribution < -0.4 is 10.5 Å². The molecule has 0 atom stereocenters.